The molecule has 3 nitrogen and oxygen atoms in total. The summed E-state index contributed by atoms with van der Waals surface area (Å²) in [6.45, 7) is 5.96. The van der Waals surface area contributed by atoms with E-state index in [0.29, 0.717) is 5.92 Å². The number of rotatable bonds is 2. The minimum Gasteiger partial charge on any atom is -0.317 e. The Balaban J connectivity index is 1.90. The molecule has 0 aliphatic carbocycles. The minimum absolute atomic E-state index is 0.218. The Kier molecular flexibility index (Phi) is 2.62. The lowest BCUT2D eigenvalue weighted by Gasteiger charge is -2.32. The van der Waals surface area contributed by atoms with Crippen LogP contribution in [0.5, 0.6) is 0 Å². The summed E-state index contributed by atoms with van der Waals surface area (Å²) in [6, 6.07) is 8.56. The van der Waals surface area contributed by atoms with Gasteiger partial charge in [-0.15, -0.1) is 0 Å². The van der Waals surface area contributed by atoms with Crippen molar-refractivity contribution in [3.05, 3.63) is 29.8 Å². The Morgan fingerprint density at radius 1 is 1.44 bits per heavy atom. The van der Waals surface area contributed by atoms with Gasteiger partial charge in [0.15, 0.2) is 0 Å². The average molecular weight is 237 g/mol. The SMILES string of the molecule is CC(C)O[P@@]1OC[C@H]2CN1c1ccccc12. The second-order valence-corrected chi connectivity index (χ2v) is 5.95. The molecule has 0 N–H and O–H groups in total. The zero-order chi connectivity index (χ0) is 11.1. The molecule has 3 rings (SSSR count). The van der Waals surface area contributed by atoms with Crippen molar-refractivity contribution in [1.29, 1.82) is 0 Å². The van der Waals surface area contributed by atoms with Crippen LogP contribution in [0.3, 0.4) is 0 Å². The molecule has 2 atom stereocenters. The van der Waals surface area contributed by atoms with E-state index in [1.165, 1.54) is 11.3 Å². The highest BCUT2D eigenvalue weighted by Gasteiger charge is 2.40. The maximum Gasteiger partial charge on any atom is 0.290 e. The standard InChI is InChI=1S/C12H16NO2P/c1-9(2)15-16-13-7-10(8-14-16)11-5-3-4-6-12(11)13/h3-6,9-10H,7-8H2,1-2H3/t10-,16-/m1/s1. The van der Waals surface area contributed by atoms with Crippen molar-refractivity contribution < 1.29 is 9.05 Å². The van der Waals surface area contributed by atoms with Crippen molar-refractivity contribution in [3.8, 4) is 0 Å². The quantitative estimate of drug-likeness (QED) is 0.737. The topological polar surface area (TPSA) is 21.7 Å². The molecule has 1 aromatic rings. The monoisotopic (exact) mass is 237 g/mol. The zero-order valence-corrected chi connectivity index (χ0v) is 10.5. The Hall–Kier alpha value is -0.630. The maximum absolute atomic E-state index is 5.85. The molecular weight excluding hydrogens is 221 g/mol. The van der Waals surface area contributed by atoms with Gasteiger partial charge in [0.05, 0.1) is 12.7 Å². The molecule has 0 amide bonds. The van der Waals surface area contributed by atoms with E-state index in [9.17, 15) is 0 Å². The van der Waals surface area contributed by atoms with Crippen molar-refractivity contribution in [2.75, 3.05) is 17.8 Å². The van der Waals surface area contributed by atoms with Crippen LogP contribution >= 0.6 is 8.53 Å². The predicted octanol–water partition coefficient (Wildman–Crippen LogP) is 3.27. The second-order valence-electron chi connectivity index (χ2n) is 4.53. The van der Waals surface area contributed by atoms with Gasteiger partial charge in [-0.05, 0) is 25.5 Å². The molecule has 0 saturated carbocycles. The van der Waals surface area contributed by atoms with Crippen LogP contribution < -0.4 is 4.67 Å². The van der Waals surface area contributed by atoms with Crippen molar-refractivity contribution in [2.45, 2.75) is 25.9 Å². The third-order valence-electron chi connectivity index (χ3n) is 2.93. The van der Waals surface area contributed by atoms with E-state index in [1.54, 1.807) is 0 Å². The molecule has 4 heteroatoms. The summed E-state index contributed by atoms with van der Waals surface area (Å²) in [5.74, 6) is 0.533. The van der Waals surface area contributed by atoms with E-state index >= 15 is 0 Å². The van der Waals surface area contributed by atoms with E-state index in [1.807, 2.05) is 0 Å². The summed E-state index contributed by atoms with van der Waals surface area (Å²) in [7, 11) is -0.886. The van der Waals surface area contributed by atoms with Crippen LogP contribution in [0, 0.1) is 0 Å². The summed E-state index contributed by atoms with van der Waals surface area (Å²) >= 11 is 0. The molecule has 2 heterocycles. The highest BCUT2D eigenvalue weighted by molar-refractivity contribution is 7.49. The van der Waals surface area contributed by atoms with Gasteiger partial charge in [0.25, 0.3) is 8.53 Å². The van der Waals surface area contributed by atoms with Gasteiger partial charge in [-0.2, -0.15) is 0 Å². The molecule has 0 unspecified atom stereocenters. The van der Waals surface area contributed by atoms with Crippen LogP contribution in [0.1, 0.15) is 25.3 Å². The van der Waals surface area contributed by atoms with Gasteiger partial charge >= 0.3 is 0 Å². The van der Waals surface area contributed by atoms with E-state index in [-0.39, 0.29) is 6.10 Å². The molecule has 2 aliphatic rings. The molecule has 0 aromatic heterocycles. The highest BCUT2D eigenvalue weighted by atomic mass is 31.2. The minimum atomic E-state index is -0.886. The van der Waals surface area contributed by atoms with Gasteiger partial charge in [0, 0.05) is 18.2 Å². The third kappa shape index (κ3) is 1.64. The first-order valence-electron chi connectivity index (χ1n) is 5.72. The summed E-state index contributed by atoms with van der Waals surface area (Å²) < 4.78 is 14.0. The lowest BCUT2D eigenvalue weighted by atomic mass is 10.0. The third-order valence-corrected chi connectivity index (χ3v) is 4.68. The van der Waals surface area contributed by atoms with Gasteiger partial charge in [0.2, 0.25) is 0 Å². The van der Waals surface area contributed by atoms with Gasteiger partial charge in [-0.1, -0.05) is 18.2 Å². The number of fused-ring (bicyclic) bond motifs is 5. The van der Waals surface area contributed by atoms with Crippen LogP contribution in [0.2, 0.25) is 0 Å². The normalized spacial score (nSPS) is 27.3. The molecule has 1 saturated heterocycles. The molecule has 86 valence electrons. The Morgan fingerprint density at radius 2 is 2.25 bits per heavy atom. The number of para-hydroxylation sites is 1. The number of nitrogens with zero attached hydrogens (tertiary/aromatic N) is 1. The molecular formula is C12H16NO2P. The van der Waals surface area contributed by atoms with Gasteiger partial charge in [-0.25, -0.2) is 0 Å². The Labute approximate surface area is 97.3 Å². The van der Waals surface area contributed by atoms with E-state index in [4.69, 9.17) is 9.05 Å². The lowest BCUT2D eigenvalue weighted by Crippen LogP contribution is -2.26. The summed E-state index contributed by atoms with van der Waals surface area (Å²) in [6.07, 6.45) is 0.218. The van der Waals surface area contributed by atoms with Gasteiger partial charge in [0.1, 0.15) is 0 Å². The van der Waals surface area contributed by atoms with Gasteiger partial charge in [-0.3, -0.25) is 0 Å². The summed E-state index contributed by atoms with van der Waals surface area (Å²) in [5, 5.41) is 0. The Bertz CT molecular complexity index is 396. The molecule has 0 spiro atoms. The van der Waals surface area contributed by atoms with Crippen LogP contribution in [-0.2, 0) is 9.05 Å². The summed E-state index contributed by atoms with van der Waals surface area (Å²) in [4.78, 5) is 0. The number of benzene rings is 1. The number of hydrogen-bond donors (Lipinski definition) is 0. The molecule has 0 radical (unpaired) electrons. The fourth-order valence-corrected chi connectivity index (χ4v) is 3.93. The van der Waals surface area contributed by atoms with Gasteiger partial charge < -0.3 is 13.7 Å². The molecule has 16 heavy (non-hydrogen) atoms. The lowest BCUT2D eigenvalue weighted by molar-refractivity contribution is 0.189. The molecule has 1 aromatic carbocycles. The van der Waals surface area contributed by atoms with Crippen LogP contribution in [0.25, 0.3) is 0 Å². The van der Waals surface area contributed by atoms with E-state index < -0.39 is 8.53 Å². The smallest absolute Gasteiger partial charge is 0.290 e. The largest absolute Gasteiger partial charge is 0.317 e. The summed E-state index contributed by atoms with van der Waals surface area (Å²) in [5.41, 5.74) is 2.72. The first-order chi connectivity index (χ1) is 7.75. The zero-order valence-electron chi connectivity index (χ0n) is 9.59. The first-order valence-corrected chi connectivity index (χ1v) is 6.85. The molecule has 1 fully saturated rings. The predicted molar refractivity (Wildman–Crippen MR) is 65.6 cm³/mol. The van der Waals surface area contributed by atoms with Crippen molar-refractivity contribution >= 4 is 14.2 Å². The van der Waals surface area contributed by atoms with Crippen LogP contribution in [0.4, 0.5) is 5.69 Å². The number of hydrogen-bond acceptors (Lipinski definition) is 3. The van der Waals surface area contributed by atoms with Crippen molar-refractivity contribution in [2.24, 2.45) is 0 Å². The fourth-order valence-electron chi connectivity index (χ4n) is 2.26. The maximum atomic E-state index is 5.85. The van der Waals surface area contributed by atoms with E-state index in [2.05, 4.69) is 42.8 Å². The fraction of sp³-hybridized carbons (Fsp3) is 0.500. The second kappa shape index (κ2) is 3.99. The van der Waals surface area contributed by atoms with Crippen molar-refractivity contribution in [1.82, 2.24) is 0 Å². The molecule has 2 aliphatic heterocycles. The Morgan fingerprint density at radius 3 is 3.06 bits per heavy atom. The van der Waals surface area contributed by atoms with Crippen LogP contribution in [-0.4, -0.2) is 19.3 Å². The first kappa shape index (κ1) is 10.5. The van der Waals surface area contributed by atoms with E-state index in [0.717, 1.165) is 13.2 Å². The average Bonchev–Trinajstić information content (AvgIpc) is 2.58. The van der Waals surface area contributed by atoms with Crippen LogP contribution in [0.15, 0.2) is 24.3 Å². The van der Waals surface area contributed by atoms with Crippen molar-refractivity contribution in [3.63, 3.8) is 0 Å². The highest BCUT2D eigenvalue weighted by Crippen LogP contribution is 2.57. The number of anilines is 1. The molecule has 2 bridgehead atoms.